The molecule has 0 aromatic heterocycles. The summed E-state index contributed by atoms with van der Waals surface area (Å²) in [7, 11) is 0. The first-order valence-corrected chi connectivity index (χ1v) is 5.46. The van der Waals surface area contributed by atoms with E-state index in [4.69, 9.17) is 11.6 Å². The standard InChI is InChI=1S/C11H13ClFNO2/c12-9-3-8(13)2-1-7(9)4-14-5-10(15)11(16)6-14/h1-3,10-11,15-16H,4-6H2/t10-,11+. The first kappa shape index (κ1) is 11.8. The number of aliphatic hydroxyl groups excluding tert-OH is 2. The molecule has 1 aliphatic heterocycles. The summed E-state index contributed by atoms with van der Waals surface area (Å²) in [6.45, 7) is 1.33. The van der Waals surface area contributed by atoms with Crippen molar-refractivity contribution in [2.75, 3.05) is 13.1 Å². The lowest BCUT2D eigenvalue weighted by atomic mass is 10.2. The minimum Gasteiger partial charge on any atom is -0.389 e. The smallest absolute Gasteiger partial charge is 0.124 e. The number of halogens is 2. The number of hydrogen-bond donors (Lipinski definition) is 2. The van der Waals surface area contributed by atoms with Crippen LogP contribution >= 0.6 is 11.6 Å². The van der Waals surface area contributed by atoms with Crippen molar-refractivity contribution in [2.24, 2.45) is 0 Å². The first-order valence-electron chi connectivity index (χ1n) is 5.08. The van der Waals surface area contributed by atoms with Gasteiger partial charge in [-0.25, -0.2) is 4.39 Å². The van der Waals surface area contributed by atoms with Crippen molar-refractivity contribution in [3.63, 3.8) is 0 Å². The van der Waals surface area contributed by atoms with Gasteiger partial charge in [0.1, 0.15) is 5.82 Å². The van der Waals surface area contributed by atoms with E-state index in [0.29, 0.717) is 24.7 Å². The van der Waals surface area contributed by atoms with E-state index in [2.05, 4.69) is 0 Å². The van der Waals surface area contributed by atoms with Crippen LogP contribution < -0.4 is 0 Å². The normalized spacial score (nSPS) is 26.2. The van der Waals surface area contributed by atoms with Crippen LogP contribution in [0.15, 0.2) is 18.2 Å². The fourth-order valence-electron chi connectivity index (χ4n) is 1.87. The zero-order valence-electron chi connectivity index (χ0n) is 8.61. The van der Waals surface area contributed by atoms with Crippen LogP contribution in [0, 0.1) is 5.82 Å². The number of likely N-dealkylation sites (tertiary alicyclic amines) is 1. The van der Waals surface area contributed by atoms with Crippen molar-refractivity contribution >= 4 is 11.6 Å². The van der Waals surface area contributed by atoms with Gasteiger partial charge < -0.3 is 10.2 Å². The lowest BCUT2D eigenvalue weighted by molar-refractivity contribution is 0.0572. The van der Waals surface area contributed by atoms with Crippen molar-refractivity contribution in [2.45, 2.75) is 18.8 Å². The number of hydrogen-bond acceptors (Lipinski definition) is 3. The molecular weight excluding hydrogens is 233 g/mol. The van der Waals surface area contributed by atoms with Crippen LogP contribution in [0.1, 0.15) is 5.56 Å². The summed E-state index contributed by atoms with van der Waals surface area (Å²) in [5, 5.41) is 19.1. The Labute approximate surface area is 98.1 Å². The van der Waals surface area contributed by atoms with E-state index >= 15 is 0 Å². The third-order valence-electron chi connectivity index (χ3n) is 2.74. The van der Waals surface area contributed by atoms with Gasteiger partial charge in [0.15, 0.2) is 0 Å². The van der Waals surface area contributed by atoms with Gasteiger partial charge in [0.2, 0.25) is 0 Å². The van der Waals surface area contributed by atoms with Gasteiger partial charge in [-0.05, 0) is 17.7 Å². The SMILES string of the molecule is O[C@@H]1CN(Cc2ccc(F)cc2Cl)C[C@@H]1O. The Morgan fingerprint density at radius 3 is 2.50 bits per heavy atom. The van der Waals surface area contributed by atoms with Crippen LogP contribution in [-0.4, -0.2) is 40.4 Å². The van der Waals surface area contributed by atoms with Crippen molar-refractivity contribution in [1.82, 2.24) is 4.90 Å². The molecule has 1 aliphatic rings. The van der Waals surface area contributed by atoms with Crippen LogP contribution in [-0.2, 0) is 6.54 Å². The number of rotatable bonds is 2. The summed E-state index contributed by atoms with van der Waals surface area (Å²) >= 11 is 5.89. The Balaban J connectivity index is 2.05. The number of β-amino-alcohol motifs (C(OH)–C–C–N with tert-alkyl or cyclic N) is 2. The zero-order chi connectivity index (χ0) is 11.7. The molecule has 1 heterocycles. The summed E-state index contributed by atoms with van der Waals surface area (Å²) in [6.07, 6.45) is -1.42. The molecule has 1 aromatic carbocycles. The van der Waals surface area contributed by atoms with Crippen molar-refractivity contribution in [3.05, 3.63) is 34.6 Å². The largest absolute Gasteiger partial charge is 0.389 e. The topological polar surface area (TPSA) is 43.7 Å². The van der Waals surface area contributed by atoms with Gasteiger partial charge in [-0.2, -0.15) is 0 Å². The molecule has 1 saturated heterocycles. The quantitative estimate of drug-likeness (QED) is 0.818. The van der Waals surface area contributed by atoms with Crippen LogP contribution in [0.4, 0.5) is 4.39 Å². The van der Waals surface area contributed by atoms with E-state index in [9.17, 15) is 14.6 Å². The first-order chi connectivity index (χ1) is 7.56. The molecule has 0 saturated carbocycles. The Hall–Kier alpha value is -0.680. The van der Waals surface area contributed by atoms with Gasteiger partial charge in [-0.1, -0.05) is 17.7 Å². The third-order valence-corrected chi connectivity index (χ3v) is 3.10. The highest BCUT2D eigenvalue weighted by atomic mass is 35.5. The highest BCUT2D eigenvalue weighted by Gasteiger charge is 2.29. The summed E-state index contributed by atoms with van der Waals surface area (Å²) < 4.78 is 12.8. The van der Waals surface area contributed by atoms with Crippen molar-refractivity contribution < 1.29 is 14.6 Å². The van der Waals surface area contributed by atoms with Gasteiger partial charge in [-0.15, -0.1) is 0 Å². The summed E-state index contributed by atoms with van der Waals surface area (Å²) in [5.41, 5.74) is 0.796. The monoisotopic (exact) mass is 245 g/mol. The van der Waals surface area contributed by atoms with E-state index < -0.39 is 12.2 Å². The van der Waals surface area contributed by atoms with Gasteiger partial charge in [0, 0.05) is 24.7 Å². The Bertz CT molecular complexity index is 378. The summed E-state index contributed by atoms with van der Waals surface area (Å²) in [5.74, 6) is -0.366. The minimum atomic E-state index is -0.709. The second-order valence-corrected chi connectivity index (χ2v) is 4.47. The highest BCUT2D eigenvalue weighted by molar-refractivity contribution is 6.31. The number of benzene rings is 1. The van der Waals surface area contributed by atoms with Crippen LogP contribution in [0.2, 0.25) is 5.02 Å². The maximum Gasteiger partial charge on any atom is 0.124 e. The lowest BCUT2D eigenvalue weighted by Gasteiger charge is -2.15. The van der Waals surface area contributed by atoms with Gasteiger partial charge in [-0.3, -0.25) is 4.90 Å². The van der Waals surface area contributed by atoms with Crippen LogP contribution in [0.5, 0.6) is 0 Å². The van der Waals surface area contributed by atoms with Crippen LogP contribution in [0.3, 0.4) is 0 Å². The molecule has 0 amide bonds. The average molecular weight is 246 g/mol. The molecule has 1 fully saturated rings. The Kier molecular flexibility index (Phi) is 3.44. The van der Waals surface area contributed by atoms with Gasteiger partial charge in [0.05, 0.1) is 12.2 Å². The third kappa shape index (κ3) is 2.52. The second kappa shape index (κ2) is 4.67. The molecule has 0 radical (unpaired) electrons. The van der Waals surface area contributed by atoms with E-state index in [1.54, 1.807) is 6.07 Å². The molecule has 0 unspecified atom stereocenters. The molecule has 2 N–H and O–H groups in total. The molecular formula is C11H13ClFNO2. The molecule has 0 aliphatic carbocycles. The molecule has 2 rings (SSSR count). The minimum absolute atomic E-state index is 0.366. The van der Waals surface area contributed by atoms with E-state index in [-0.39, 0.29) is 5.82 Å². The number of nitrogens with zero attached hydrogens (tertiary/aromatic N) is 1. The zero-order valence-corrected chi connectivity index (χ0v) is 9.36. The second-order valence-electron chi connectivity index (χ2n) is 4.06. The molecule has 5 heteroatoms. The molecule has 1 aromatic rings. The maximum atomic E-state index is 12.8. The lowest BCUT2D eigenvalue weighted by Crippen LogP contribution is -2.22. The Morgan fingerprint density at radius 2 is 1.94 bits per heavy atom. The van der Waals surface area contributed by atoms with Crippen molar-refractivity contribution in [3.8, 4) is 0 Å². The molecule has 3 nitrogen and oxygen atoms in total. The average Bonchev–Trinajstić information content (AvgIpc) is 2.51. The Morgan fingerprint density at radius 1 is 1.31 bits per heavy atom. The fourth-order valence-corrected chi connectivity index (χ4v) is 2.09. The van der Waals surface area contributed by atoms with Crippen LogP contribution in [0.25, 0.3) is 0 Å². The molecule has 0 spiro atoms. The summed E-state index contributed by atoms with van der Waals surface area (Å²) in [6, 6.07) is 4.23. The number of aliphatic hydroxyl groups is 2. The van der Waals surface area contributed by atoms with E-state index in [1.165, 1.54) is 12.1 Å². The van der Waals surface area contributed by atoms with E-state index in [0.717, 1.165) is 5.56 Å². The molecule has 16 heavy (non-hydrogen) atoms. The van der Waals surface area contributed by atoms with Gasteiger partial charge >= 0.3 is 0 Å². The summed E-state index contributed by atoms with van der Waals surface area (Å²) in [4.78, 5) is 1.88. The van der Waals surface area contributed by atoms with Crippen molar-refractivity contribution in [1.29, 1.82) is 0 Å². The van der Waals surface area contributed by atoms with E-state index in [1.807, 2.05) is 4.90 Å². The highest BCUT2D eigenvalue weighted by Crippen LogP contribution is 2.21. The molecule has 88 valence electrons. The predicted molar refractivity (Wildman–Crippen MR) is 58.7 cm³/mol. The predicted octanol–water partition coefficient (Wildman–Crippen LogP) is 1.02. The molecule has 2 atom stereocenters. The molecule has 0 bridgehead atoms. The fraction of sp³-hybridized carbons (Fsp3) is 0.455. The maximum absolute atomic E-state index is 12.8. The van der Waals surface area contributed by atoms with Gasteiger partial charge in [0.25, 0.3) is 0 Å².